The Morgan fingerprint density at radius 3 is 3.00 bits per heavy atom. The normalized spacial score (nSPS) is 18.1. The van der Waals surface area contributed by atoms with Gasteiger partial charge in [0.05, 0.1) is 29.0 Å². The molecule has 27 heavy (non-hydrogen) atoms. The van der Waals surface area contributed by atoms with Gasteiger partial charge in [-0.3, -0.25) is 9.59 Å². The van der Waals surface area contributed by atoms with E-state index in [9.17, 15) is 14.9 Å². The van der Waals surface area contributed by atoms with E-state index < -0.39 is 5.92 Å². The standard InChI is InChI=1S/C19H20N2O5S/c1-2-3-6-24-18(23)10-27-19-14(9-20)13(8-17(22)21-19)12-4-5-15-16(7-12)26-11-25-15/h4-5,7,13H,2-3,6,8,10-11H2,1H3,(H,21,22). The first-order valence-corrected chi connectivity index (χ1v) is 9.73. The lowest BCUT2D eigenvalue weighted by Crippen LogP contribution is -2.31. The van der Waals surface area contributed by atoms with Gasteiger partial charge in [0.25, 0.3) is 0 Å². The largest absolute Gasteiger partial charge is 0.465 e. The summed E-state index contributed by atoms with van der Waals surface area (Å²) in [5.74, 6) is 0.335. The van der Waals surface area contributed by atoms with Gasteiger partial charge in [0.2, 0.25) is 12.7 Å². The monoisotopic (exact) mass is 388 g/mol. The average Bonchev–Trinajstić information content (AvgIpc) is 3.13. The van der Waals surface area contributed by atoms with Crippen LogP contribution in [0.2, 0.25) is 0 Å². The molecule has 2 heterocycles. The molecule has 1 atom stereocenters. The Morgan fingerprint density at radius 2 is 2.22 bits per heavy atom. The second-order valence-corrected chi connectivity index (χ2v) is 7.12. The van der Waals surface area contributed by atoms with Crippen LogP contribution in [-0.2, 0) is 14.3 Å². The number of nitrogens with one attached hydrogen (secondary N) is 1. The van der Waals surface area contributed by atoms with Crippen LogP contribution < -0.4 is 14.8 Å². The topological polar surface area (TPSA) is 97.7 Å². The lowest BCUT2D eigenvalue weighted by Gasteiger charge is -2.25. The molecule has 3 rings (SSSR count). The number of thioether (sulfide) groups is 1. The highest BCUT2D eigenvalue weighted by molar-refractivity contribution is 8.03. The van der Waals surface area contributed by atoms with Gasteiger partial charge in [-0.05, 0) is 24.1 Å². The molecule has 1 unspecified atom stereocenters. The quantitative estimate of drug-likeness (QED) is 0.566. The van der Waals surface area contributed by atoms with E-state index in [0.717, 1.165) is 30.2 Å². The molecular formula is C19H20N2O5S. The van der Waals surface area contributed by atoms with E-state index in [-0.39, 0.29) is 30.8 Å². The summed E-state index contributed by atoms with van der Waals surface area (Å²) in [6.45, 7) is 2.55. The van der Waals surface area contributed by atoms with Crippen LogP contribution in [-0.4, -0.2) is 31.0 Å². The minimum atomic E-state index is -0.392. The predicted molar refractivity (Wildman–Crippen MR) is 99.0 cm³/mol. The van der Waals surface area contributed by atoms with Gasteiger partial charge in [-0.2, -0.15) is 5.26 Å². The second kappa shape index (κ2) is 8.82. The maximum Gasteiger partial charge on any atom is 0.316 e. The number of carbonyl (C=O) groups excluding carboxylic acids is 2. The number of fused-ring (bicyclic) bond motifs is 1. The molecule has 2 aliphatic rings. The Hall–Kier alpha value is -2.66. The summed E-state index contributed by atoms with van der Waals surface area (Å²) in [5, 5.41) is 12.8. The van der Waals surface area contributed by atoms with Crippen molar-refractivity contribution in [1.29, 1.82) is 5.26 Å². The van der Waals surface area contributed by atoms with Crippen molar-refractivity contribution in [2.75, 3.05) is 19.2 Å². The Morgan fingerprint density at radius 1 is 1.41 bits per heavy atom. The fourth-order valence-electron chi connectivity index (χ4n) is 2.85. The minimum absolute atomic E-state index is 0.0400. The maximum absolute atomic E-state index is 12.2. The zero-order valence-electron chi connectivity index (χ0n) is 14.9. The van der Waals surface area contributed by atoms with Crippen LogP contribution in [0, 0.1) is 11.3 Å². The van der Waals surface area contributed by atoms with Crippen molar-refractivity contribution in [3.63, 3.8) is 0 Å². The van der Waals surface area contributed by atoms with Crippen molar-refractivity contribution >= 4 is 23.6 Å². The maximum atomic E-state index is 12.2. The number of allylic oxidation sites excluding steroid dienone is 1. The highest BCUT2D eigenvalue weighted by atomic mass is 32.2. The molecule has 0 saturated heterocycles. The zero-order chi connectivity index (χ0) is 19.2. The molecule has 0 spiro atoms. The smallest absolute Gasteiger partial charge is 0.316 e. The Bertz CT molecular complexity index is 815. The summed E-state index contributed by atoms with van der Waals surface area (Å²) in [6, 6.07) is 7.59. The summed E-state index contributed by atoms with van der Waals surface area (Å²) in [6.07, 6.45) is 1.91. The van der Waals surface area contributed by atoms with E-state index in [1.807, 2.05) is 13.0 Å². The van der Waals surface area contributed by atoms with E-state index in [0.29, 0.717) is 28.7 Å². The molecule has 0 fully saturated rings. The van der Waals surface area contributed by atoms with E-state index in [1.54, 1.807) is 12.1 Å². The molecule has 1 N–H and O–H groups in total. The number of esters is 1. The summed E-state index contributed by atoms with van der Waals surface area (Å²) in [7, 11) is 0. The Kier molecular flexibility index (Phi) is 6.24. The number of ether oxygens (including phenoxy) is 3. The number of nitriles is 1. The van der Waals surface area contributed by atoms with Crippen molar-refractivity contribution in [2.24, 2.45) is 0 Å². The van der Waals surface area contributed by atoms with Crippen LogP contribution in [0.1, 0.15) is 37.7 Å². The van der Waals surface area contributed by atoms with Crippen molar-refractivity contribution in [1.82, 2.24) is 5.32 Å². The van der Waals surface area contributed by atoms with Crippen molar-refractivity contribution in [3.8, 4) is 17.6 Å². The van der Waals surface area contributed by atoms with E-state index in [2.05, 4.69) is 11.4 Å². The molecule has 142 valence electrons. The molecule has 8 heteroatoms. The van der Waals surface area contributed by atoms with Gasteiger partial charge in [-0.25, -0.2) is 0 Å². The summed E-state index contributed by atoms with van der Waals surface area (Å²) >= 11 is 1.12. The van der Waals surface area contributed by atoms with Crippen molar-refractivity contribution in [3.05, 3.63) is 34.4 Å². The van der Waals surface area contributed by atoms with E-state index >= 15 is 0 Å². The summed E-state index contributed by atoms with van der Waals surface area (Å²) < 4.78 is 15.8. The number of rotatable bonds is 7. The SMILES string of the molecule is CCCCOC(=O)CSC1=C(C#N)C(c2ccc3c(c2)OCO3)CC(=O)N1. The first kappa shape index (κ1) is 19.1. The lowest BCUT2D eigenvalue weighted by molar-refractivity contribution is -0.140. The molecule has 2 aliphatic heterocycles. The Labute approximate surface area is 161 Å². The minimum Gasteiger partial charge on any atom is -0.465 e. The van der Waals surface area contributed by atoms with Gasteiger partial charge in [-0.1, -0.05) is 31.2 Å². The summed E-state index contributed by atoms with van der Waals surface area (Å²) in [4.78, 5) is 24.0. The van der Waals surface area contributed by atoms with Crippen LogP contribution >= 0.6 is 11.8 Å². The molecule has 0 bridgehead atoms. The number of hydrogen-bond donors (Lipinski definition) is 1. The molecular weight excluding hydrogens is 368 g/mol. The van der Waals surface area contributed by atoms with Crippen LogP contribution in [0.5, 0.6) is 11.5 Å². The van der Waals surface area contributed by atoms with Gasteiger partial charge in [0, 0.05) is 12.3 Å². The number of amides is 1. The highest BCUT2D eigenvalue weighted by Gasteiger charge is 2.31. The molecule has 1 aromatic carbocycles. The van der Waals surface area contributed by atoms with E-state index in [4.69, 9.17) is 14.2 Å². The highest BCUT2D eigenvalue weighted by Crippen LogP contribution is 2.40. The molecule has 1 aromatic rings. The van der Waals surface area contributed by atoms with Crippen LogP contribution in [0.25, 0.3) is 0 Å². The second-order valence-electron chi connectivity index (χ2n) is 6.13. The molecule has 0 saturated carbocycles. The molecule has 0 aliphatic carbocycles. The Balaban J connectivity index is 1.76. The number of unbranched alkanes of at least 4 members (excludes halogenated alkanes) is 1. The van der Waals surface area contributed by atoms with Gasteiger partial charge in [-0.15, -0.1) is 0 Å². The molecule has 7 nitrogen and oxygen atoms in total. The third-order valence-corrected chi connectivity index (χ3v) is 5.24. The summed E-state index contributed by atoms with van der Waals surface area (Å²) in [5.41, 5.74) is 1.23. The van der Waals surface area contributed by atoms with Gasteiger partial charge in [0.15, 0.2) is 11.5 Å². The predicted octanol–water partition coefficient (Wildman–Crippen LogP) is 2.83. The van der Waals surface area contributed by atoms with Gasteiger partial charge < -0.3 is 19.5 Å². The fourth-order valence-corrected chi connectivity index (χ4v) is 3.73. The molecule has 0 radical (unpaired) electrons. The average molecular weight is 388 g/mol. The third-order valence-electron chi connectivity index (χ3n) is 4.25. The first-order valence-electron chi connectivity index (χ1n) is 8.74. The third kappa shape index (κ3) is 4.55. The van der Waals surface area contributed by atoms with Crippen molar-refractivity contribution < 1.29 is 23.8 Å². The van der Waals surface area contributed by atoms with Crippen LogP contribution in [0.15, 0.2) is 28.8 Å². The molecule has 0 aromatic heterocycles. The first-order chi connectivity index (χ1) is 13.1. The number of benzene rings is 1. The van der Waals surface area contributed by atoms with Crippen molar-refractivity contribution in [2.45, 2.75) is 32.1 Å². The zero-order valence-corrected chi connectivity index (χ0v) is 15.8. The number of nitrogens with zero attached hydrogens (tertiary/aromatic N) is 1. The van der Waals surface area contributed by atoms with E-state index in [1.165, 1.54) is 0 Å². The van der Waals surface area contributed by atoms with Crippen LogP contribution in [0.4, 0.5) is 0 Å². The van der Waals surface area contributed by atoms with Gasteiger partial charge in [0.1, 0.15) is 0 Å². The molecule has 1 amide bonds. The number of hydrogen-bond acceptors (Lipinski definition) is 7. The number of carbonyl (C=O) groups is 2. The van der Waals surface area contributed by atoms with Crippen LogP contribution in [0.3, 0.4) is 0 Å². The fraction of sp³-hybridized carbons (Fsp3) is 0.421. The van der Waals surface area contributed by atoms with Gasteiger partial charge >= 0.3 is 5.97 Å². The lowest BCUT2D eigenvalue weighted by atomic mass is 9.87.